The molecule has 1 aliphatic rings. The van der Waals surface area contributed by atoms with Crippen molar-refractivity contribution < 1.29 is 9.59 Å². The Hall–Kier alpha value is -2.27. The van der Waals surface area contributed by atoms with Crippen LogP contribution in [0, 0.1) is 0 Å². The lowest BCUT2D eigenvalue weighted by Gasteiger charge is -2.14. The molecule has 1 fully saturated rings. The van der Waals surface area contributed by atoms with Gasteiger partial charge in [0.25, 0.3) is 11.1 Å². The van der Waals surface area contributed by atoms with Crippen molar-refractivity contribution in [3.05, 3.63) is 60.2 Å². The van der Waals surface area contributed by atoms with Gasteiger partial charge in [-0.3, -0.25) is 9.59 Å². The molecular weight excluding hydrogens is 296 g/mol. The van der Waals surface area contributed by atoms with Crippen molar-refractivity contribution in [2.75, 3.05) is 10.2 Å². The second kappa shape index (κ2) is 6.23. The van der Waals surface area contributed by atoms with Crippen LogP contribution in [0.5, 0.6) is 0 Å². The highest BCUT2D eigenvalue weighted by molar-refractivity contribution is 8.16. The minimum absolute atomic E-state index is 0.235. The van der Waals surface area contributed by atoms with Crippen molar-refractivity contribution in [1.82, 2.24) is 0 Å². The summed E-state index contributed by atoms with van der Waals surface area (Å²) < 4.78 is 0. The van der Waals surface area contributed by atoms with Gasteiger partial charge in [-0.1, -0.05) is 37.3 Å². The molecule has 5 heteroatoms. The highest BCUT2D eigenvalue weighted by atomic mass is 32.2. The number of benzene rings is 2. The van der Waals surface area contributed by atoms with Crippen LogP contribution in [0.1, 0.15) is 12.5 Å². The number of carbonyl (C=O) groups is 2. The zero-order chi connectivity index (χ0) is 15.5. The molecular formula is C17H16N2O2S. The maximum Gasteiger partial charge on any atom is 0.295 e. The largest absolute Gasteiger partial charge is 0.365 e. The number of imide groups is 1. The Labute approximate surface area is 133 Å². The van der Waals surface area contributed by atoms with E-state index in [0.29, 0.717) is 5.69 Å². The predicted octanol–water partition coefficient (Wildman–Crippen LogP) is 3.89. The van der Waals surface area contributed by atoms with E-state index in [9.17, 15) is 9.59 Å². The molecule has 3 rings (SSSR count). The Balaban J connectivity index is 1.76. The molecule has 0 unspecified atom stereocenters. The third kappa shape index (κ3) is 2.85. The summed E-state index contributed by atoms with van der Waals surface area (Å²) in [6.45, 7) is 2.09. The fourth-order valence-corrected chi connectivity index (χ4v) is 3.20. The van der Waals surface area contributed by atoms with Gasteiger partial charge in [0, 0.05) is 5.69 Å². The highest BCUT2D eigenvalue weighted by Crippen LogP contribution is 2.32. The van der Waals surface area contributed by atoms with E-state index in [1.54, 1.807) is 12.1 Å². The van der Waals surface area contributed by atoms with Crippen LogP contribution in [0.25, 0.3) is 0 Å². The molecule has 4 nitrogen and oxygen atoms in total. The number of amides is 2. The number of hydrogen-bond donors (Lipinski definition) is 1. The molecule has 0 spiro atoms. The first-order chi connectivity index (χ1) is 10.7. The van der Waals surface area contributed by atoms with Gasteiger partial charge in [-0.15, -0.1) is 0 Å². The lowest BCUT2D eigenvalue weighted by molar-refractivity contribution is -0.116. The van der Waals surface area contributed by atoms with Gasteiger partial charge in [0.05, 0.1) is 5.69 Å². The summed E-state index contributed by atoms with van der Waals surface area (Å²) in [4.78, 5) is 25.8. The van der Waals surface area contributed by atoms with Crippen molar-refractivity contribution in [2.24, 2.45) is 0 Å². The second-order valence-electron chi connectivity index (χ2n) is 4.97. The van der Waals surface area contributed by atoms with E-state index in [1.807, 2.05) is 42.5 Å². The zero-order valence-corrected chi connectivity index (χ0v) is 13.0. The molecule has 2 amide bonds. The fourth-order valence-electron chi connectivity index (χ4n) is 2.30. The highest BCUT2D eigenvalue weighted by Gasteiger charge is 2.40. The smallest absolute Gasteiger partial charge is 0.295 e. The maximum atomic E-state index is 12.5. The lowest BCUT2D eigenvalue weighted by Crippen LogP contribution is -2.34. The van der Waals surface area contributed by atoms with Gasteiger partial charge in [-0.25, -0.2) is 4.90 Å². The summed E-state index contributed by atoms with van der Waals surface area (Å²) in [6, 6.07) is 16.9. The van der Waals surface area contributed by atoms with Crippen molar-refractivity contribution in [1.29, 1.82) is 0 Å². The van der Waals surface area contributed by atoms with E-state index in [2.05, 4.69) is 12.2 Å². The molecule has 1 heterocycles. The SMILES string of the molecule is CCc1ccc(N[C@H]2SC(=O)N(c3ccccc3)C2=O)cc1. The Morgan fingerprint density at radius 3 is 2.36 bits per heavy atom. The third-order valence-electron chi connectivity index (χ3n) is 3.52. The summed E-state index contributed by atoms with van der Waals surface area (Å²) in [5.74, 6) is -0.235. The Bertz CT molecular complexity index is 686. The minimum Gasteiger partial charge on any atom is -0.365 e. The van der Waals surface area contributed by atoms with Gasteiger partial charge < -0.3 is 5.32 Å². The molecule has 2 aromatic rings. The van der Waals surface area contributed by atoms with Crippen LogP contribution in [0.15, 0.2) is 54.6 Å². The number of anilines is 2. The first kappa shape index (κ1) is 14.7. The van der Waals surface area contributed by atoms with Crippen LogP contribution in [0.3, 0.4) is 0 Å². The Morgan fingerprint density at radius 2 is 1.73 bits per heavy atom. The number of aryl methyl sites for hydroxylation is 1. The van der Waals surface area contributed by atoms with Gasteiger partial charge in [0.2, 0.25) is 0 Å². The number of nitrogens with one attached hydrogen (secondary N) is 1. The summed E-state index contributed by atoms with van der Waals surface area (Å²) in [7, 11) is 0. The van der Waals surface area contributed by atoms with Gasteiger partial charge in [-0.2, -0.15) is 0 Å². The van der Waals surface area contributed by atoms with Gasteiger partial charge in [0.1, 0.15) is 0 Å². The molecule has 0 aliphatic carbocycles. The molecule has 0 bridgehead atoms. The van der Waals surface area contributed by atoms with Crippen LogP contribution in [-0.4, -0.2) is 16.5 Å². The summed E-state index contributed by atoms with van der Waals surface area (Å²) >= 11 is 1.01. The fraction of sp³-hybridized carbons (Fsp3) is 0.176. The average molecular weight is 312 g/mol. The monoisotopic (exact) mass is 312 g/mol. The quantitative estimate of drug-likeness (QED) is 0.930. The van der Waals surface area contributed by atoms with Crippen LogP contribution in [0.2, 0.25) is 0 Å². The lowest BCUT2D eigenvalue weighted by atomic mass is 10.1. The average Bonchev–Trinajstić information content (AvgIpc) is 2.83. The first-order valence-corrected chi connectivity index (χ1v) is 8.02. The van der Waals surface area contributed by atoms with Crippen LogP contribution in [0.4, 0.5) is 16.2 Å². The first-order valence-electron chi connectivity index (χ1n) is 7.14. The van der Waals surface area contributed by atoms with E-state index < -0.39 is 5.37 Å². The van der Waals surface area contributed by atoms with E-state index in [4.69, 9.17) is 0 Å². The molecule has 1 atom stereocenters. The summed E-state index contributed by atoms with van der Waals surface area (Å²) in [5.41, 5.74) is 2.68. The molecule has 2 aromatic carbocycles. The molecule has 22 heavy (non-hydrogen) atoms. The summed E-state index contributed by atoms with van der Waals surface area (Å²) in [6.07, 6.45) is 0.970. The van der Waals surface area contributed by atoms with Crippen LogP contribution < -0.4 is 10.2 Å². The molecule has 0 aromatic heterocycles. The molecule has 0 saturated carbocycles. The van der Waals surface area contributed by atoms with Crippen LogP contribution >= 0.6 is 11.8 Å². The normalized spacial score (nSPS) is 17.9. The van der Waals surface area contributed by atoms with E-state index in [0.717, 1.165) is 23.9 Å². The number of rotatable bonds is 4. The Morgan fingerprint density at radius 1 is 1.05 bits per heavy atom. The predicted molar refractivity (Wildman–Crippen MR) is 90.1 cm³/mol. The third-order valence-corrected chi connectivity index (χ3v) is 4.46. The van der Waals surface area contributed by atoms with E-state index >= 15 is 0 Å². The topological polar surface area (TPSA) is 49.4 Å². The zero-order valence-electron chi connectivity index (χ0n) is 12.2. The van der Waals surface area contributed by atoms with E-state index in [1.165, 1.54) is 10.5 Å². The van der Waals surface area contributed by atoms with Crippen molar-refractivity contribution in [3.8, 4) is 0 Å². The second-order valence-corrected chi connectivity index (χ2v) is 6.02. The number of carbonyl (C=O) groups excluding carboxylic acids is 2. The van der Waals surface area contributed by atoms with Crippen molar-refractivity contribution in [2.45, 2.75) is 18.7 Å². The maximum absolute atomic E-state index is 12.5. The molecule has 112 valence electrons. The number of hydrogen-bond acceptors (Lipinski definition) is 4. The van der Waals surface area contributed by atoms with Gasteiger partial charge in [0.15, 0.2) is 5.37 Å². The molecule has 1 aliphatic heterocycles. The van der Waals surface area contributed by atoms with Crippen molar-refractivity contribution in [3.63, 3.8) is 0 Å². The van der Waals surface area contributed by atoms with Gasteiger partial charge in [-0.05, 0) is 48.0 Å². The number of nitrogens with zero attached hydrogens (tertiary/aromatic N) is 1. The Kier molecular flexibility index (Phi) is 4.15. The number of para-hydroxylation sites is 1. The number of thioether (sulfide) groups is 1. The molecule has 1 saturated heterocycles. The van der Waals surface area contributed by atoms with Gasteiger partial charge >= 0.3 is 0 Å². The van der Waals surface area contributed by atoms with E-state index in [-0.39, 0.29) is 11.1 Å². The van der Waals surface area contributed by atoms with Crippen LogP contribution in [-0.2, 0) is 11.2 Å². The molecule has 0 radical (unpaired) electrons. The summed E-state index contributed by atoms with van der Waals surface area (Å²) in [5, 5.41) is 2.29. The standard InChI is InChI=1S/C17H16N2O2S/c1-2-12-8-10-13(11-9-12)18-15-16(20)19(17(21)22-15)14-6-4-3-5-7-14/h3-11,15,18H,2H2,1H3/t15-/m0/s1. The minimum atomic E-state index is -0.583. The molecule has 1 N–H and O–H groups in total. The van der Waals surface area contributed by atoms with Crippen molar-refractivity contribution >= 4 is 34.3 Å².